The van der Waals surface area contributed by atoms with Crippen molar-refractivity contribution in [1.29, 1.82) is 0 Å². The highest BCUT2D eigenvalue weighted by Gasteiger charge is 2.19. The monoisotopic (exact) mass is 405 g/mol. The van der Waals surface area contributed by atoms with Crippen molar-refractivity contribution >= 4 is 39.6 Å². The first-order valence-electron chi connectivity index (χ1n) is 9.88. The molecule has 5 rings (SSSR count). The average Bonchev–Trinajstić information content (AvgIpc) is 3.30. The molecule has 6 nitrogen and oxygen atoms in total. The third-order valence-corrected chi connectivity index (χ3v) is 5.00. The first kappa shape index (κ1) is 18.6. The minimum Gasteiger partial charge on any atom is -0.322 e. The van der Waals surface area contributed by atoms with Crippen molar-refractivity contribution in [2.24, 2.45) is 0 Å². The van der Waals surface area contributed by atoms with Crippen LogP contribution in [0.5, 0.6) is 0 Å². The second kappa shape index (κ2) is 8.12. The van der Waals surface area contributed by atoms with Crippen LogP contribution in [0.15, 0.2) is 104 Å². The molecule has 0 atom stereocenters. The minimum absolute atomic E-state index is 0.204. The predicted octanol–water partition coefficient (Wildman–Crippen LogP) is 5.68. The van der Waals surface area contributed by atoms with Gasteiger partial charge in [-0.15, -0.1) is 0 Å². The lowest BCUT2D eigenvalue weighted by Crippen LogP contribution is -2.15. The minimum atomic E-state index is -0.204. The van der Waals surface area contributed by atoms with Gasteiger partial charge in [0.2, 0.25) is 0 Å². The van der Waals surface area contributed by atoms with Crippen molar-refractivity contribution < 1.29 is 4.79 Å². The van der Waals surface area contributed by atoms with E-state index in [-0.39, 0.29) is 5.91 Å². The second-order valence-electron chi connectivity index (χ2n) is 7.02. The zero-order valence-electron chi connectivity index (χ0n) is 16.6. The Morgan fingerprint density at radius 3 is 2.23 bits per heavy atom. The summed E-state index contributed by atoms with van der Waals surface area (Å²) < 4.78 is 0. The summed E-state index contributed by atoms with van der Waals surface area (Å²) in [6.07, 6.45) is 5.24. The quantitative estimate of drug-likeness (QED) is 0.394. The van der Waals surface area contributed by atoms with Gasteiger partial charge in [0.15, 0.2) is 0 Å². The molecule has 2 N–H and O–H groups in total. The fourth-order valence-electron chi connectivity index (χ4n) is 3.59. The molecule has 2 aromatic heterocycles. The summed E-state index contributed by atoms with van der Waals surface area (Å²) >= 11 is 0. The first-order valence-corrected chi connectivity index (χ1v) is 9.88. The average molecular weight is 405 g/mol. The van der Waals surface area contributed by atoms with Gasteiger partial charge in [-0.25, -0.2) is 0 Å². The number of nitrogens with one attached hydrogen (secondary N) is 2. The Labute approximate surface area is 179 Å². The summed E-state index contributed by atoms with van der Waals surface area (Å²) in [5.41, 5.74) is 4.72. The van der Waals surface area contributed by atoms with Gasteiger partial charge in [0.05, 0.1) is 17.3 Å². The third-order valence-electron chi connectivity index (χ3n) is 5.00. The van der Waals surface area contributed by atoms with Crippen LogP contribution < -0.4 is 10.2 Å². The van der Waals surface area contributed by atoms with Crippen LogP contribution in [0.2, 0.25) is 0 Å². The molecule has 3 aromatic carbocycles. The Bertz CT molecular complexity index is 1280. The number of benzene rings is 3. The lowest BCUT2D eigenvalue weighted by molar-refractivity contribution is 0.102. The number of para-hydroxylation sites is 2. The number of fused-ring (bicyclic) bond motifs is 1. The lowest BCUT2D eigenvalue weighted by Gasteiger charge is -2.25. The molecule has 0 aliphatic heterocycles. The van der Waals surface area contributed by atoms with E-state index >= 15 is 0 Å². The number of pyridine rings is 1. The first-order chi connectivity index (χ1) is 15.3. The maximum absolute atomic E-state index is 13.2. The van der Waals surface area contributed by atoms with Gasteiger partial charge in [-0.2, -0.15) is 5.10 Å². The number of aromatic nitrogens is 3. The van der Waals surface area contributed by atoms with Crippen molar-refractivity contribution in [2.75, 3.05) is 10.2 Å². The maximum atomic E-state index is 13.2. The highest BCUT2D eigenvalue weighted by molar-refractivity contribution is 6.13. The van der Waals surface area contributed by atoms with Gasteiger partial charge >= 0.3 is 0 Å². The largest absolute Gasteiger partial charge is 0.322 e. The molecule has 0 spiro atoms. The predicted molar refractivity (Wildman–Crippen MR) is 123 cm³/mol. The molecule has 150 valence electrons. The normalized spacial score (nSPS) is 10.7. The standard InChI is InChI=1S/C25H19N5O/c31-25(28-19-7-3-1-4-8-19)23-16-22(15-18-17-27-29-24(18)23)30(20-9-5-2-6-10-20)21-11-13-26-14-12-21/h1-17H,(H,27,29)(H,28,31). The van der Waals surface area contributed by atoms with Crippen LogP contribution in [-0.4, -0.2) is 21.1 Å². The molecule has 0 aliphatic carbocycles. The summed E-state index contributed by atoms with van der Waals surface area (Å²) in [6, 6.07) is 27.2. The van der Waals surface area contributed by atoms with Gasteiger partial charge in [-0.05, 0) is 48.5 Å². The van der Waals surface area contributed by atoms with Gasteiger partial charge < -0.3 is 10.2 Å². The SMILES string of the molecule is O=C(Nc1ccccc1)c1cc(N(c2ccccc2)c2ccncc2)cc2cn[nH]c12. The van der Waals surface area contributed by atoms with Crippen molar-refractivity contribution in [3.63, 3.8) is 0 Å². The Morgan fingerprint density at radius 2 is 1.48 bits per heavy atom. The fourth-order valence-corrected chi connectivity index (χ4v) is 3.59. The van der Waals surface area contributed by atoms with E-state index in [9.17, 15) is 4.79 Å². The van der Waals surface area contributed by atoms with Gasteiger partial charge in [0.25, 0.3) is 5.91 Å². The van der Waals surface area contributed by atoms with Crippen molar-refractivity contribution in [3.8, 4) is 0 Å². The number of carbonyl (C=O) groups is 1. The lowest BCUT2D eigenvalue weighted by atomic mass is 10.1. The molecule has 31 heavy (non-hydrogen) atoms. The highest BCUT2D eigenvalue weighted by Crippen LogP contribution is 2.36. The Kier molecular flexibility index (Phi) is 4.86. The Morgan fingerprint density at radius 1 is 0.806 bits per heavy atom. The van der Waals surface area contributed by atoms with Crippen LogP contribution in [-0.2, 0) is 0 Å². The summed E-state index contributed by atoms with van der Waals surface area (Å²) in [5.74, 6) is -0.204. The van der Waals surface area contributed by atoms with Crippen LogP contribution in [0.25, 0.3) is 10.9 Å². The highest BCUT2D eigenvalue weighted by atomic mass is 16.1. The molecule has 6 heteroatoms. The van der Waals surface area contributed by atoms with E-state index in [1.807, 2.05) is 84.9 Å². The van der Waals surface area contributed by atoms with Gasteiger partial charge in [0.1, 0.15) is 0 Å². The van der Waals surface area contributed by atoms with Crippen LogP contribution in [0.4, 0.5) is 22.7 Å². The number of nitrogens with zero attached hydrogens (tertiary/aromatic N) is 3. The van der Waals surface area contributed by atoms with Crippen molar-refractivity contribution in [2.45, 2.75) is 0 Å². The fraction of sp³-hybridized carbons (Fsp3) is 0. The van der Waals surface area contributed by atoms with Gasteiger partial charge in [0, 0.05) is 40.5 Å². The number of amides is 1. The van der Waals surface area contributed by atoms with Crippen LogP contribution in [0.1, 0.15) is 10.4 Å². The summed E-state index contributed by atoms with van der Waals surface area (Å²) in [4.78, 5) is 19.4. The van der Waals surface area contributed by atoms with Crippen LogP contribution in [0, 0.1) is 0 Å². The molecule has 0 radical (unpaired) electrons. The third kappa shape index (κ3) is 3.74. The molecule has 0 fully saturated rings. The van der Waals surface area contributed by atoms with Gasteiger partial charge in [-0.3, -0.25) is 14.9 Å². The number of rotatable bonds is 5. The summed E-state index contributed by atoms with van der Waals surface area (Å²) in [6.45, 7) is 0. The zero-order chi connectivity index (χ0) is 21.0. The topological polar surface area (TPSA) is 73.9 Å². The molecular weight excluding hydrogens is 386 g/mol. The number of H-pyrrole nitrogens is 1. The molecule has 2 heterocycles. The van der Waals surface area contributed by atoms with Gasteiger partial charge in [-0.1, -0.05) is 36.4 Å². The Hall–Kier alpha value is -4.45. The smallest absolute Gasteiger partial charge is 0.257 e. The molecule has 0 saturated carbocycles. The molecule has 0 unspecified atom stereocenters. The van der Waals surface area contributed by atoms with E-state index in [4.69, 9.17) is 0 Å². The van der Waals surface area contributed by atoms with Crippen LogP contribution >= 0.6 is 0 Å². The van der Waals surface area contributed by atoms with Crippen molar-refractivity contribution in [3.05, 3.63) is 109 Å². The molecule has 1 amide bonds. The van der Waals surface area contributed by atoms with Crippen molar-refractivity contribution in [1.82, 2.24) is 15.2 Å². The number of hydrogen-bond acceptors (Lipinski definition) is 4. The van der Waals surface area contributed by atoms with E-state index < -0.39 is 0 Å². The summed E-state index contributed by atoms with van der Waals surface area (Å²) in [5, 5.41) is 10.9. The molecular formula is C25H19N5O. The molecule has 0 bridgehead atoms. The number of aromatic amines is 1. The molecule has 0 aliphatic rings. The zero-order valence-corrected chi connectivity index (χ0v) is 16.6. The molecule has 0 saturated heterocycles. The second-order valence-corrected chi connectivity index (χ2v) is 7.02. The summed E-state index contributed by atoms with van der Waals surface area (Å²) in [7, 11) is 0. The number of carbonyl (C=O) groups excluding carboxylic acids is 1. The van der Waals surface area contributed by atoms with E-state index in [1.165, 1.54) is 0 Å². The molecule has 5 aromatic rings. The number of hydrogen-bond donors (Lipinski definition) is 2. The van der Waals surface area contributed by atoms with E-state index in [2.05, 4.69) is 25.4 Å². The maximum Gasteiger partial charge on any atom is 0.257 e. The van der Waals surface area contributed by atoms with E-state index in [1.54, 1.807) is 18.6 Å². The van der Waals surface area contributed by atoms with Crippen LogP contribution in [0.3, 0.4) is 0 Å². The van der Waals surface area contributed by atoms with E-state index in [0.29, 0.717) is 11.1 Å². The number of anilines is 4. The van der Waals surface area contributed by atoms with E-state index in [0.717, 1.165) is 28.1 Å². The Balaban J connectivity index is 1.64.